The van der Waals surface area contributed by atoms with E-state index >= 15 is 0 Å². The molecule has 3 aromatic carbocycles. The lowest BCUT2D eigenvalue weighted by Crippen LogP contribution is -1.84. The third-order valence-corrected chi connectivity index (χ3v) is 4.36. The maximum Gasteiger partial charge on any atom is 0.0249 e. The summed E-state index contributed by atoms with van der Waals surface area (Å²) in [7, 11) is 0. The molecule has 0 aromatic heterocycles. The zero-order valence-corrected chi connectivity index (χ0v) is 16.0. The molecule has 3 aromatic rings. The van der Waals surface area contributed by atoms with Crippen LogP contribution in [0.1, 0.15) is 48.9 Å². The average Bonchev–Trinajstić information content (AvgIpc) is 2.73. The zero-order chi connectivity index (χ0) is 18.9. The summed E-state index contributed by atoms with van der Waals surface area (Å²) in [4.78, 5) is 0. The van der Waals surface area contributed by atoms with E-state index in [2.05, 4.69) is 86.1 Å². The van der Waals surface area contributed by atoms with Gasteiger partial charge in [0.05, 0.1) is 0 Å². The molecule has 3 rings (SSSR count). The highest BCUT2D eigenvalue weighted by Gasteiger charge is 1.98. The predicted octanol–water partition coefficient (Wildman–Crippen LogP) is 6.47. The number of benzene rings is 3. The SMILES string of the molecule is CCC#Cc1ccc(C#Cc2ccc(-c3ccc(CCC)cc3)cc2)cc1. The highest BCUT2D eigenvalue weighted by atomic mass is 14.0. The second-order valence-electron chi connectivity index (χ2n) is 6.51. The molecule has 132 valence electrons. The minimum atomic E-state index is 0.875. The molecule has 0 unspecified atom stereocenters. The van der Waals surface area contributed by atoms with Gasteiger partial charge in [0.1, 0.15) is 0 Å². The van der Waals surface area contributed by atoms with E-state index in [1.165, 1.54) is 23.1 Å². The van der Waals surface area contributed by atoms with E-state index in [-0.39, 0.29) is 0 Å². The molecule has 0 N–H and O–H groups in total. The van der Waals surface area contributed by atoms with Crippen molar-refractivity contribution in [3.63, 3.8) is 0 Å². The first kappa shape index (κ1) is 18.6. The van der Waals surface area contributed by atoms with E-state index in [0.29, 0.717) is 0 Å². The van der Waals surface area contributed by atoms with Gasteiger partial charge in [-0.2, -0.15) is 0 Å². The first-order valence-electron chi connectivity index (χ1n) is 9.59. The van der Waals surface area contributed by atoms with Crippen molar-refractivity contribution in [3.05, 3.63) is 95.1 Å². The monoisotopic (exact) mass is 348 g/mol. The van der Waals surface area contributed by atoms with E-state index in [0.717, 1.165) is 29.5 Å². The summed E-state index contributed by atoms with van der Waals surface area (Å²) in [5, 5.41) is 0. The van der Waals surface area contributed by atoms with Gasteiger partial charge < -0.3 is 0 Å². The Hall–Kier alpha value is -3.22. The lowest BCUT2D eigenvalue weighted by Gasteiger charge is -2.04. The molecule has 0 heteroatoms. The summed E-state index contributed by atoms with van der Waals surface area (Å²) in [6.45, 7) is 4.27. The van der Waals surface area contributed by atoms with Gasteiger partial charge in [-0.15, -0.1) is 0 Å². The van der Waals surface area contributed by atoms with Crippen LogP contribution in [0.15, 0.2) is 72.8 Å². The Bertz CT molecular complexity index is 981. The Morgan fingerprint density at radius 1 is 0.556 bits per heavy atom. The molecule has 0 nitrogen and oxygen atoms in total. The van der Waals surface area contributed by atoms with Crippen molar-refractivity contribution in [2.75, 3.05) is 0 Å². The van der Waals surface area contributed by atoms with E-state index in [4.69, 9.17) is 0 Å². The van der Waals surface area contributed by atoms with E-state index in [1.54, 1.807) is 0 Å². The number of hydrogen-bond donors (Lipinski definition) is 0. The van der Waals surface area contributed by atoms with Gasteiger partial charge in [0.25, 0.3) is 0 Å². The van der Waals surface area contributed by atoms with Crippen LogP contribution in [0.4, 0.5) is 0 Å². The minimum absolute atomic E-state index is 0.875. The van der Waals surface area contributed by atoms with Crippen molar-refractivity contribution in [3.8, 4) is 34.8 Å². The first-order valence-corrected chi connectivity index (χ1v) is 9.59. The fourth-order valence-electron chi connectivity index (χ4n) is 2.87. The Morgan fingerprint density at radius 3 is 1.48 bits per heavy atom. The van der Waals surface area contributed by atoms with Crippen LogP contribution >= 0.6 is 0 Å². The predicted molar refractivity (Wildman–Crippen MR) is 115 cm³/mol. The van der Waals surface area contributed by atoms with Gasteiger partial charge in [-0.25, -0.2) is 0 Å². The van der Waals surface area contributed by atoms with Crippen molar-refractivity contribution in [1.82, 2.24) is 0 Å². The van der Waals surface area contributed by atoms with Gasteiger partial charge >= 0.3 is 0 Å². The number of aryl methyl sites for hydroxylation is 1. The molecule has 0 amide bonds. The first-order chi connectivity index (χ1) is 13.3. The highest BCUT2D eigenvalue weighted by Crippen LogP contribution is 2.20. The molecular formula is C27H24. The fourth-order valence-corrected chi connectivity index (χ4v) is 2.87. The second kappa shape index (κ2) is 9.47. The van der Waals surface area contributed by atoms with Gasteiger partial charge in [-0.3, -0.25) is 0 Å². The molecule has 0 atom stereocenters. The minimum Gasteiger partial charge on any atom is -0.0982 e. The quantitative estimate of drug-likeness (QED) is 0.476. The van der Waals surface area contributed by atoms with E-state index in [9.17, 15) is 0 Å². The van der Waals surface area contributed by atoms with Crippen LogP contribution in [-0.2, 0) is 6.42 Å². The molecule has 0 saturated heterocycles. The van der Waals surface area contributed by atoms with Gasteiger partial charge in [0.2, 0.25) is 0 Å². The summed E-state index contributed by atoms with van der Waals surface area (Å²) in [5.74, 6) is 12.7. The van der Waals surface area contributed by atoms with Gasteiger partial charge in [-0.05, 0) is 59.5 Å². The smallest absolute Gasteiger partial charge is 0.0249 e. The number of hydrogen-bond acceptors (Lipinski definition) is 0. The van der Waals surface area contributed by atoms with Crippen LogP contribution in [0.3, 0.4) is 0 Å². The summed E-state index contributed by atoms with van der Waals surface area (Å²) in [6.07, 6.45) is 3.20. The van der Waals surface area contributed by atoms with Crippen molar-refractivity contribution in [1.29, 1.82) is 0 Å². The van der Waals surface area contributed by atoms with Crippen LogP contribution in [0, 0.1) is 23.7 Å². The lowest BCUT2D eigenvalue weighted by atomic mass is 10.0. The highest BCUT2D eigenvalue weighted by molar-refractivity contribution is 5.64. The summed E-state index contributed by atoms with van der Waals surface area (Å²) in [6, 6.07) is 25.4. The van der Waals surface area contributed by atoms with Crippen molar-refractivity contribution in [2.24, 2.45) is 0 Å². The standard InChI is InChI=1S/C27H24/c1-3-5-7-23-8-10-24(11-9-23)12-13-25-16-20-27(21-17-25)26-18-14-22(6-4-2)15-19-26/h8-11,14-21H,3-4,6H2,1-2H3. The maximum absolute atomic E-state index is 3.24. The van der Waals surface area contributed by atoms with Crippen LogP contribution in [0.2, 0.25) is 0 Å². The summed E-state index contributed by atoms with van der Waals surface area (Å²) in [5.41, 5.74) is 6.94. The Labute approximate surface area is 163 Å². The number of rotatable bonds is 3. The summed E-state index contributed by atoms with van der Waals surface area (Å²) >= 11 is 0. The van der Waals surface area contributed by atoms with Crippen LogP contribution in [-0.4, -0.2) is 0 Å². The molecule has 0 aliphatic rings. The third-order valence-electron chi connectivity index (χ3n) is 4.36. The second-order valence-corrected chi connectivity index (χ2v) is 6.51. The van der Waals surface area contributed by atoms with Crippen LogP contribution < -0.4 is 0 Å². The normalized spacial score (nSPS) is 9.70. The van der Waals surface area contributed by atoms with Crippen molar-refractivity contribution < 1.29 is 0 Å². The molecule has 0 aliphatic carbocycles. The molecule has 27 heavy (non-hydrogen) atoms. The molecular weight excluding hydrogens is 324 g/mol. The molecule has 0 fully saturated rings. The van der Waals surface area contributed by atoms with Crippen LogP contribution in [0.5, 0.6) is 0 Å². The van der Waals surface area contributed by atoms with Gasteiger partial charge in [0, 0.05) is 23.1 Å². The largest absolute Gasteiger partial charge is 0.0982 e. The zero-order valence-electron chi connectivity index (χ0n) is 16.0. The Balaban J connectivity index is 1.70. The Morgan fingerprint density at radius 2 is 1.00 bits per heavy atom. The topological polar surface area (TPSA) is 0 Å². The Kier molecular flexibility index (Phi) is 6.51. The fraction of sp³-hybridized carbons (Fsp3) is 0.185. The van der Waals surface area contributed by atoms with Crippen molar-refractivity contribution >= 4 is 0 Å². The summed E-state index contributed by atoms with van der Waals surface area (Å²) < 4.78 is 0. The molecule has 0 aliphatic heterocycles. The molecule has 0 heterocycles. The molecule has 0 saturated carbocycles. The van der Waals surface area contributed by atoms with E-state index < -0.39 is 0 Å². The van der Waals surface area contributed by atoms with Crippen molar-refractivity contribution in [2.45, 2.75) is 33.1 Å². The molecule has 0 radical (unpaired) electrons. The van der Waals surface area contributed by atoms with Gasteiger partial charge in [-0.1, -0.05) is 80.3 Å². The molecule has 0 spiro atoms. The lowest BCUT2D eigenvalue weighted by molar-refractivity contribution is 0.922. The van der Waals surface area contributed by atoms with Crippen LogP contribution in [0.25, 0.3) is 11.1 Å². The molecule has 0 bridgehead atoms. The third kappa shape index (κ3) is 5.37. The van der Waals surface area contributed by atoms with Gasteiger partial charge in [0.15, 0.2) is 0 Å². The van der Waals surface area contributed by atoms with E-state index in [1.807, 2.05) is 24.3 Å². The average molecular weight is 348 g/mol. The maximum atomic E-state index is 3.24.